The molecule has 0 fully saturated rings. The number of hydrogen-bond donors (Lipinski definition) is 0. The zero-order valence-electron chi connectivity index (χ0n) is 10.1. The molecule has 0 aliphatic heterocycles. The van der Waals surface area contributed by atoms with Crippen LogP contribution in [0.4, 0.5) is 0 Å². The van der Waals surface area contributed by atoms with E-state index in [9.17, 15) is 0 Å². The fourth-order valence-corrected chi connectivity index (χ4v) is 1.54. The molecule has 0 bridgehead atoms. The molecule has 0 aromatic heterocycles. The molecule has 0 atom stereocenters. The topological polar surface area (TPSA) is 9.23 Å². The molecule has 83 valence electrons. The van der Waals surface area contributed by atoms with E-state index in [0.29, 0.717) is 0 Å². The van der Waals surface area contributed by atoms with Crippen LogP contribution in [0.2, 0.25) is 0 Å². The van der Waals surface area contributed by atoms with Crippen LogP contribution >= 0.6 is 0 Å². The van der Waals surface area contributed by atoms with Gasteiger partial charge in [0, 0.05) is 5.39 Å². The van der Waals surface area contributed by atoms with Crippen molar-refractivity contribution in [1.29, 1.82) is 0 Å². The quantitative estimate of drug-likeness (QED) is 0.730. The minimum atomic E-state index is 0.181. The zero-order valence-corrected chi connectivity index (χ0v) is 10.1. The van der Waals surface area contributed by atoms with Crippen molar-refractivity contribution in [2.24, 2.45) is 5.41 Å². The van der Waals surface area contributed by atoms with E-state index in [1.807, 2.05) is 24.3 Å². The van der Waals surface area contributed by atoms with Crippen LogP contribution in [0, 0.1) is 11.5 Å². The predicted molar refractivity (Wildman–Crippen MR) is 67.7 cm³/mol. The molecule has 2 aromatic rings. The molecule has 0 amide bonds. The van der Waals surface area contributed by atoms with E-state index in [-0.39, 0.29) is 5.41 Å². The average molecular weight is 213 g/mol. The van der Waals surface area contributed by atoms with Gasteiger partial charge >= 0.3 is 0 Å². The second-order valence-corrected chi connectivity index (χ2v) is 5.24. The highest BCUT2D eigenvalue weighted by atomic mass is 16.5. The van der Waals surface area contributed by atoms with Crippen molar-refractivity contribution in [2.75, 3.05) is 6.61 Å². The molecule has 0 spiro atoms. The largest absolute Gasteiger partial charge is 0.492 e. The number of benzene rings is 2. The summed E-state index contributed by atoms with van der Waals surface area (Å²) in [4.78, 5) is 0. The number of fused-ring (bicyclic) bond motifs is 1. The Labute approximate surface area is 97.1 Å². The summed E-state index contributed by atoms with van der Waals surface area (Å²) in [5, 5.41) is 2.24. The summed E-state index contributed by atoms with van der Waals surface area (Å²) in [6.45, 7) is 7.24. The van der Waals surface area contributed by atoms with Gasteiger partial charge in [-0.1, -0.05) is 51.1 Å². The molecule has 1 radical (unpaired) electrons. The van der Waals surface area contributed by atoms with Crippen LogP contribution in [0.3, 0.4) is 0 Å². The highest BCUT2D eigenvalue weighted by Gasteiger charge is 2.11. The highest BCUT2D eigenvalue weighted by Crippen LogP contribution is 2.26. The molecule has 0 N–H and O–H groups in total. The molecule has 2 aromatic carbocycles. The number of hydrogen-bond acceptors (Lipinski definition) is 1. The Balaban J connectivity index is 2.30. The predicted octanol–water partition coefficient (Wildman–Crippen LogP) is 4.06. The SMILES string of the molecule is CC(C)(C)COc1cc[c]c2ccccc12. The van der Waals surface area contributed by atoms with Gasteiger partial charge in [-0.3, -0.25) is 0 Å². The third-order valence-corrected chi connectivity index (χ3v) is 2.33. The Morgan fingerprint density at radius 2 is 1.88 bits per heavy atom. The summed E-state index contributed by atoms with van der Waals surface area (Å²) >= 11 is 0. The summed E-state index contributed by atoms with van der Waals surface area (Å²) in [7, 11) is 0. The smallest absolute Gasteiger partial charge is 0.127 e. The lowest BCUT2D eigenvalue weighted by Crippen LogP contribution is -2.16. The summed E-state index contributed by atoms with van der Waals surface area (Å²) in [6, 6.07) is 15.3. The first-order chi connectivity index (χ1) is 7.56. The van der Waals surface area contributed by atoms with Gasteiger partial charge in [0.1, 0.15) is 5.75 Å². The van der Waals surface area contributed by atoms with E-state index in [1.165, 1.54) is 0 Å². The Bertz CT molecular complexity index is 475. The minimum absolute atomic E-state index is 0.181. The van der Waals surface area contributed by atoms with Crippen molar-refractivity contribution in [1.82, 2.24) is 0 Å². The molecule has 0 saturated heterocycles. The Morgan fingerprint density at radius 3 is 2.62 bits per heavy atom. The lowest BCUT2D eigenvalue weighted by Gasteiger charge is -2.19. The van der Waals surface area contributed by atoms with Crippen LogP contribution in [0.5, 0.6) is 5.75 Å². The Hall–Kier alpha value is -1.50. The summed E-state index contributed by atoms with van der Waals surface area (Å²) in [5.74, 6) is 0.948. The van der Waals surface area contributed by atoms with Crippen LogP contribution in [0.1, 0.15) is 20.8 Å². The van der Waals surface area contributed by atoms with Gasteiger partial charge in [0.15, 0.2) is 0 Å². The van der Waals surface area contributed by atoms with E-state index < -0.39 is 0 Å². The molecular weight excluding hydrogens is 196 g/mol. The monoisotopic (exact) mass is 213 g/mol. The summed E-state index contributed by atoms with van der Waals surface area (Å²) < 4.78 is 5.86. The number of rotatable bonds is 2. The Morgan fingerprint density at radius 1 is 1.12 bits per heavy atom. The van der Waals surface area contributed by atoms with Crippen LogP contribution < -0.4 is 4.74 Å². The molecular formula is C15H17O. The van der Waals surface area contributed by atoms with E-state index >= 15 is 0 Å². The van der Waals surface area contributed by atoms with Gasteiger partial charge in [-0.25, -0.2) is 0 Å². The Kier molecular flexibility index (Phi) is 2.86. The van der Waals surface area contributed by atoms with Gasteiger partial charge in [-0.2, -0.15) is 0 Å². The van der Waals surface area contributed by atoms with Crippen molar-refractivity contribution >= 4 is 10.8 Å². The average Bonchev–Trinajstić information content (AvgIpc) is 2.25. The van der Waals surface area contributed by atoms with E-state index in [1.54, 1.807) is 0 Å². The van der Waals surface area contributed by atoms with Gasteiger partial charge in [0.25, 0.3) is 0 Å². The first-order valence-electron chi connectivity index (χ1n) is 5.58. The van der Waals surface area contributed by atoms with Crippen LogP contribution in [0.15, 0.2) is 36.4 Å². The first kappa shape index (κ1) is 11.0. The van der Waals surface area contributed by atoms with E-state index in [0.717, 1.165) is 23.1 Å². The van der Waals surface area contributed by atoms with Crippen molar-refractivity contribution < 1.29 is 4.74 Å². The molecule has 0 saturated carbocycles. The third kappa shape index (κ3) is 2.54. The standard InChI is InChI=1S/C15H17O/c1-15(2,3)11-16-14-10-6-8-12-7-4-5-9-13(12)14/h4-7,9-10H,11H2,1-3H3. The highest BCUT2D eigenvalue weighted by molar-refractivity contribution is 5.87. The molecule has 1 nitrogen and oxygen atoms in total. The molecule has 1 heteroatoms. The van der Waals surface area contributed by atoms with Crippen molar-refractivity contribution in [3.8, 4) is 5.75 Å². The van der Waals surface area contributed by atoms with Gasteiger partial charge in [0.05, 0.1) is 6.61 Å². The van der Waals surface area contributed by atoms with Crippen molar-refractivity contribution in [2.45, 2.75) is 20.8 Å². The van der Waals surface area contributed by atoms with Crippen LogP contribution in [-0.4, -0.2) is 6.61 Å². The zero-order chi connectivity index (χ0) is 11.6. The van der Waals surface area contributed by atoms with Gasteiger partial charge in [-0.15, -0.1) is 0 Å². The van der Waals surface area contributed by atoms with Gasteiger partial charge in [0.2, 0.25) is 0 Å². The maximum absolute atomic E-state index is 5.86. The van der Waals surface area contributed by atoms with Crippen LogP contribution in [0.25, 0.3) is 10.8 Å². The fraction of sp³-hybridized carbons (Fsp3) is 0.333. The van der Waals surface area contributed by atoms with Crippen LogP contribution in [-0.2, 0) is 0 Å². The molecule has 0 aliphatic rings. The minimum Gasteiger partial charge on any atom is -0.492 e. The molecule has 0 aliphatic carbocycles. The first-order valence-corrected chi connectivity index (χ1v) is 5.58. The summed E-state index contributed by atoms with van der Waals surface area (Å²) in [6.07, 6.45) is 0. The molecule has 2 rings (SSSR count). The van der Waals surface area contributed by atoms with Gasteiger partial charge < -0.3 is 4.74 Å². The fourth-order valence-electron chi connectivity index (χ4n) is 1.54. The van der Waals surface area contributed by atoms with Gasteiger partial charge in [-0.05, 0) is 22.9 Å². The van der Waals surface area contributed by atoms with Crippen molar-refractivity contribution in [3.05, 3.63) is 42.5 Å². The summed E-state index contributed by atoms with van der Waals surface area (Å²) in [5.41, 5.74) is 0.181. The van der Waals surface area contributed by atoms with Crippen molar-refractivity contribution in [3.63, 3.8) is 0 Å². The second-order valence-electron chi connectivity index (χ2n) is 5.24. The molecule has 16 heavy (non-hydrogen) atoms. The third-order valence-electron chi connectivity index (χ3n) is 2.33. The lowest BCUT2D eigenvalue weighted by atomic mass is 9.98. The lowest BCUT2D eigenvalue weighted by molar-refractivity contribution is 0.200. The second kappa shape index (κ2) is 4.17. The number of ether oxygens (including phenoxy) is 1. The van der Waals surface area contributed by atoms with E-state index in [2.05, 4.69) is 39.0 Å². The maximum atomic E-state index is 5.86. The molecule has 0 unspecified atom stereocenters. The van der Waals surface area contributed by atoms with E-state index in [4.69, 9.17) is 4.74 Å². The molecule has 0 heterocycles. The maximum Gasteiger partial charge on any atom is 0.127 e. The normalized spacial score (nSPS) is 11.7.